The maximum atomic E-state index is 11.7. The quantitative estimate of drug-likeness (QED) is 0.259. The van der Waals surface area contributed by atoms with Crippen LogP contribution in [0.5, 0.6) is 0 Å². The first-order valence-electron chi connectivity index (χ1n) is 10.6. The van der Waals surface area contributed by atoms with Gasteiger partial charge in [0.05, 0.1) is 38.2 Å². The van der Waals surface area contributed by atoms with Crippen molar-refractivity contribution in [1.29, 1.82) is 0 Å². The molecular weight excluding hydrogens is 463 g/mol. The predicted octanol–water partition coefficient (Wildman–Crippen LogP) is 1.83. The van der Waals surface area contributed by atoms with E-state index in [2.05, 4.69) is 15.4 Å². The van der Waals surface area contributed by atoms with Crippen LogP contribution in [0.2, 0.25) is 5.15 Å². The Morgan fingerprint density at radius 1 is 1.25 bits per heavy atom. The first-order chi connectivity index (χ1) is 15.3. The molecule has 0 aromatic carbocycles. The fraction of sp³-hybridized carbons (Fsp3) is 0.684. The summed E-state index contributed by atoms with van der Waals surface area (Å²) in [4.78, 5) is 23.4. The Hall–Kier alpha value is -1.30. The highest BCUT2D eigenvalue weighted by Crippen LogP contribution is 2.51. The van der Waals surface area contributed by atoms with Crippen LogP contribution in [0.1, 0.15) is 50.2 Å². The van der Waals surface area contributed by atoms with Crippen LogP contribution >= 0.6 is 19.2 Å². The summed E-state index contributed by atoms with van der Waals surface area (Å²) in [6, 6.07) is 2.13. The lowest BCUT2D eigenvalue weighted by Crippen LogP contribution is -2.42. The number of fused-ring (bicyclic) bond motifs is 1. The Balaban J connectivity index is 1.47. The molecule has 2 aromatic heterocycles. The number of nitrogens with one attached hydrogen (secondary N) is 1. The zero-order valence-electron chi connectivity index (χ0n) is 17.4. The van der Waals surface area contributed by atoms with Gasteiger partial charge in [-0.3, -0.25) is 4.57 Å². The molecule has 2 fully saturated rings. The van der Waals surface area contributed by atoms with Crippen molar-refractivity contribution < 1.29 is 34.0 Å². The average molecular weight is 491 g/mol. The molecule has 2 atom stereocenters. The fourth-order valence-electron chi connectivity index (χ4n) is 4.27. The van der Waals surface area contributed by atoms with E-state index in [0.717, 1.165) is 24.2 Å². The molecule has 13 heteroatoms. The molecule has 1 aliphatic carbocycles. The van der Waals surface area contributed by atoms with Crippen LogP contribution in [0.3, 0.4) is 0 Å². The van der Waals surface area contributed by atoms with Crippen molar-refractivity contribution in [3.63, 3.8) is 0 Å². The number of nitrogens with zero attached hydrogens (tertiary/aromatic N) is 3. The van der Waals surface area contributed by atoms with E-state index in [4.69, 9.17) is 21.1 Å². The van der Waals surface area contributed by atoms with Crippen molar-refractivity contribution >= 4 is 30.7 Å². The third kappa shape index (κ3) is 4.67. The summed E-state index contributed by atoms with van der Waals surface area (Å²) >= 11 is 6.27. The van der Waals surface area contributed by atoms with Crippen LogP contribution in [0, 0.1) is 0 Å². The molecule has 1 aliphatic heterocycles. The van der Waals surface area contributed by atoms with E-state index >= 15 is 0 Å². The molecule has 3 heterocycles. The van der Waals surface area contributed by atoms with Crippen LogP contribution < -0.4 is 5.32 Å². The zero-order chi connectivity index (χ0) is 22.9. The van der Waals surface area contributed by atoms with Gasteiger partial charge in [-0.05, 0) is 25.7 Å². The van der Waals surface area contributed by atoms with E-state index in [1.165, 1.54) is 12.8 Å². The molecular formula is C19H28ClN4O7P. The van der Waals surface area contributed by atoms with E-state index in [1.54, 1.807) is 16.8 Å². The van der Waals surface area contributed by atoms with E-state index < -0.39 is 32.3 Å². The maximum Gasteiger partial charge on any atom is 0.361 e. The second-order valence-corrected chi connectivity index (χ2v) is 10.7. The number of ether oxygens (including phenoxy) is 2. The third-order valence-corrected chi connectivity index (χ3v) is 7.86. The molecule has 0 unspecified atom stereocenters. The number of hydrogen-bond acceptors (Lipinski definition) is 8. The van der Waals surface area contributed by atoms with Gasteiger partial charge in [-0.15, -0.1) is 0 Å². The van der Waals surface area contributed by atoms with Gasteiger partial charge in [0, 0.05) is 17.7 Å². The summed E-state index contributed by atoms with van der Waals surface area (Å²) in [5.74, 6) is 0.772. The Labute approximate surface area is 189 Å². The molecule has 1 saturated carbocycles. The third-order valence-electron chi connectivity index (χ3n) is 6.19. The lowest BCUT2D eigenvalue weighted by atomic mass is 10.1. The Bertz CT molecular complexity index is 989. The number of rotatable bonds is 9. The van der Waals surface area contributed by atoms with Gasteiger partial charge in [0.1, 0.15) is 11.0 Å². The largest absolute Gasteiger partial charge is 0.393 e. The molecule has 32 heavy (non-hydrogen) atoms. The van der Waals surface area contributed by atoms with E-state index in [0.29, 0.717) is 29.7 Å². The minimum atomic E-state index is -4.91. The normalized spacial score (nSPS) is 22.8. The Morgan fingerprint density at radius 3 is 2.62 bits per heavy atom. The molecule has 1 saturated heterocycles. The number of aliphatic hydroxyl groups excluding tert-OH is 2. The van der Waals surface area contributed by atoms with Crippen molar-refractivity contribution in [2.24, 2.45) is 0 Å². The highest BCUT2D eigenvalue weighted by Gasteiger charge is 2.48. The van der Waals surface area contributed by atoms with Gasteiger partial charge >= 0.3 is 7.60 Å². The number of halogens is 1. The number of hydrogen-bond donors (Lipinski definition) is 5. The summed E-state index contributed by atoms with van der Waals surface area (Å²) < 4.78 is 24.7. The van der Waals surface area contributed by atoms with Gasteiger partial charge in [-0.1, -0.05) is 24.4 Å². The lowest BCUT2D eigenvalue weighted by molar-refractivity contribution is -0.102. The first kappa shape index (κ1) is 23.8. The summed E-state index contributed by atoms with van der Waals surface area (Å²) in [5, 5.41) is 24.8. The van der Waals surface area contributed by atoms with Gasteiger partial charge in [-0.2, -0.15) is 9.61 Å². The van der Waals surface area contributed by atoms with Crippen LogP contribution in [0.4, 0.5) is 5.82 Å². The number of aromatic nitrogens is 3. The van der Waals surface area contributed by atoms with Crippen LogP contribution in [0.25, 0.3) is 5.65 Å². The highest BCUT2D eigenvalue weighted by atomic mass is 35.5. The van der Waals surface area contributed by atoms with Gasteiger partial charge < -0.3 is 34.8 Å². The van der Waals surface area contributed by atoms with Crippen LogP contribution in [0.15, 0.2) is 12.3 Å². The summed E-state index contributed by atoms with van der Waals surface area (Å²) in [5.41, 5.74) is 1.34. The fourth-order valence-corrected chi connectivity index (χ4v) is 5.07. The van der Waals surface area contributed by atoms with Gasteiger partial charge in [-0.25, -0.2) is 4.98 Å². The van der Waals surface area contributed by atoms with E-state index in [9.17, 15) is 24.6 Å². The molecule has 178 valence electrons. The second kappa shape index (κ2) is 9.52. The zero-order valence-corrected chi connectivity index (χ0v) is 19.1. The highest BCUT2D eigenvalue weighted by molar-refractivity contribution is 7.53. The average Bonchev–Trinajstić information content (AvgIpc) is 3.48. The van der Waals surface area contributed by atoms with Crippen molar-refractivity contribution in [1.82, 2.24) is 14.6 Å². The smallest absolute Gasteiger partial charge is 0.361 e. The SMILES string of the molecule is O=P(O)(O)C(CO)(CO)OC[C@@H]1CC[C@@H](c2cnn3c(NC4CCCC4)cc(Cl)nc23)O1. The Kier molecular flexibility index (Phi) is 7.09. The summed E-state index contributed by atoms with van der Waals surface area (Å²) in [6.07, 6.45) is 6.63. The van der Waals surface area contributed by atoms with Gasteiger partial charge in [0.2, 0.25) is 5.34 Å². The van der Waals surface area contributed by atoms with Crippen LogP contribution in [-0.4, -0.2) is 71.9 Å². The first-order valence-corrected chi connectivity index (χ1v) is 12.6. The standard InChI is InChI=1S/C19H28ClN4O7P/c20-16-7-17(22-12-3-1-2-4-12)24-18(23-16)14(8-21-24)15-6-5-13(31-15)9-30-19(10-25,11-26)32(27,28)29/h7-8,12-13,15,22,25-26H,1-6,9-11H2,(H2,27,28,29)/t13-,15-/m0/s1. The Morgan fingerprint density at radius 2 is 1.97 bits per heavy atom. The maximum absolute atomic E-state index is 11.7. The molecule has 4 rings (SSSR count). The molecule has 0 radical (unpaired) electrons. The molecule has 2 aliphatic rings. The molecule has 5 N–H and O–H groups in total. The van der Waals surface area contributed by atoms with Gasteiger partial charge in [0.15, 0.2) is 5.65 Å². The number of aliphatic hydroxyl groups is 2. The van der Waals surface area contributed by atoms with Crippen molar-refractivity contribution in [3.05, 3.63) is 23.0 Å². The van der Waals surface area contributed by atoms with E-state index in [1.807, 2.05) is 0 Å². The molecule has 0 amide bonds. The van der Waals surface area contributed by atoms with Crippen molar-refractivity contribution in [2.45, 2.75) is 62.1 Å². The predicted molar refractivity (Wildman–Crippen MR) is 116 cm³/mol. The minimum absolute atomic E-state index is 0.190. The second-order valence-electron chi connectivity index (χ2n) is 8.37. The monoisotopic (exact) mass is 490 g/mol. The summed E-state index contributed by atoms with van der Waals surface area (Å²) in [7, 11) is -4.91. The molecule has 11 nitrogen and oxygen atoms in total. The van der Waals surface area contributed by atoms with E-state index in [-0.39, 0.29) is 12.7 Å². The van der Waals surface area contributed by atoms with Crippen molar-refractivity contribution in [3.8, 4) is 0 Å². The molecule has 0 spiro atoms. The topological polar surface area (TPSA) is 159 Å². The van der Waals surface area contributed by atoms with Gasteiger partial charge in [0.25, 0.3) is 0 Å². The van der Waals surface area contributed by atoms with Crippen molar-refractivity contribution in [2.75, 3.05) is 25.1 Å². The minimum Gasteiger partial charge on any atom is -0.393 e. The molecule has 2 aromatic rings. The summed E-state index contributed by atoms with van der Waals surface area (Å²) in [6.45, 7) is -2.22. The lowest BCUT2D eigenvalue weighted by Gasteiger charge is -2.31. The van der Waals surface area contributed by atoms with Crippen LogP contribution in [-0.2, 0) is 14.0 Å². The molecule has 0 bridgehead atoms. The number of anilines is 1.